The summed E-state index contributed by atoms with van der Waals surface area (Å²) in [5.41, 5.74) is 2.98. The van der Waals surface area contributed by atoms with Gasteiger partial charge in [0.2, 0.25) is 5.91 Å². The molecule has 0 aliphatic heterocycles. The summed E-state index contributed by atoms with van der Waals surface area (Å²) in [6.07, 6.45) is 0. The van der Waals surface area contributed by atoms with Crippen molar-refractivity contribution in [1.82, 2.24) is 9.97 Å². The molecule has 0 saturated carbocycles. The minimum atomic E-state index is -0.413. The molecule has 0 fully saturated rings. The lowest BCUT2D eigenvalue weighted by atomic mass is 10.1. The molecule has 6 heteroatoms. The number of benzene rings is 2. The van der Waals surface area contributed by atoms with E-state index in [1.54, 1.807) is 6.92 Å². The predicted octanol–water partition coefficient (Wildman–Crippen LogP) is 3.86. The van der Waals surface area contributed by atoms with E-state index in [1.165, 1.54) is 17.8 Å². The van der Waals surface area contributed by atoms with Gasteiger partial charge in [0.25, 0.3) is 5.56 Å². The van der Waals surface area contributed by atoms with Gasteiger partial charge in [0.05, 0.1) is 10.9 Å². The standard InChI is InChI=1S/C20H19N3O2S/c1-13-8-6-7-11-16(13)21-19(25)14(2)26-20-22-17(12-18(24)23-20)15-9-4-3-5-10-15/h3-12,14H,1-2H3,(H,21,25)(H,22,23,24)/t14-/m1/s1. The Bertz CT molecular complexity index is 970. The molecule has 0 bridgehead atoms. The second-order valence-corrected chi connectivity index (χ2v) is 7.20. The number of para-hydroxylation sites is 1. The zero-order chi connectivity index (χ0) is 18.5. The summed E-state index contributed by atoms with van der Waals surface area (Å²) < 4.78 is 0. The van der Waals surface area contributed by atoms with Crippen molar-refractivity contribution in [3.05, 3.63) is 76.6 Å². The summed E-state index contributed by atoms with van der Waals surface area (Å²) in [6.45, 7) is 3.73. The number of anilines is 1. The highest BCUT2D eigenvalue weighted by molar-refractivity contribution is 8.00. The van der Waals surface area contributed by atoms with Gasteiger partial charge in [0.1, 0.15) is 0 Å². The van der Waals surface area contributed by atoms with Gasteiger partial charge in [-0.3, -0.25) is 9.59 Å². The molecule has 0 spiro atoms. The molecule has 3 aromatic rings. The van der Waals surface area contributed by atoms with Crippen LogP contribution in [-0.2, 0) is 4.79 Å². The Hall–Kier alpha value is -2.86. The highest BCUT2D eigenvalue weighted by Gasteiger charge is 2.17. The van der Waals surface area contributed by atoms with Crippen molar-refractivity contribution in [3.63, 3.8) is 0 Å². The number of nitrogens with one attached hydrogen (secondary N) is 2. The fourth-order valence-corrected chi connectivity index (χ4v) is 3.23. The number of aryl methyl sites for hydroxylation is 1. The number of carbonyl (C=O) groups is 1. The average Bonchev–Trinajstić information content (AvgIpc) is 2.64. The van der Waals surface area contributed by atoms with E-state index in [9.17, 15) is 9.59 Å². The van der Waals surface area contributed by atoms with Crippen LogP contribution >= 0.6 is 11.8 Å². The fraction of sp³-hybridized carbons (Fsp3) is 0.150. The Labute approximate surface area is 155 Å². The van der Waals surface area contributed by atoms with Crippen molar-refractivity contribution < 1.29 is 4.79 Å². The van der Waals surface area contributed by atoms with E-state index in [2.05, 4.69) is 15.3 Å². The third-order valence-electron chi connectivity index (χ3n) is 3.85. The zero-order valence-corrected chi connectivity index (χ0v) is 15.3. The van der Waals surface area contributed by atoms with Crippen LogP contribution in [0.15, 0.2) is 70.6 Å². The lowest BCUT2D eigenvalue weighted by Gasteiger charge is -2.13. The number of hydrogen-bond donors (Lipinski definition) is 2. The molecule has 1 aromatic heterocycles. The second kappa shape index (κ2) is 8.01. The highest BCUT2D eigenvalue weighted by atomic mass is 32.2. The van der Waals surface area contributed by atoms with Gasteiger partial charge in [-0.15, -0.1) is 0 Å². The number of carbonyl (C=O) groups excluding carboxylic acids is 1. The molecule has 2 N–H and O–H groups in total. The lowest BCUT2D eigenvalue weighted by molar-refractivity contribution is -0.115. The van der Waals surface area contributed by atoms with Gasteiger partial charge < -0.3 is 10.3 Å². The first-order chi connectivity index (χ1) is 12.5. The normalized spacial score (nSPS) is 11.8. The van der Waals surface area contributed by atoms with E-state index in [0.29, 0.717) is 10.9 Å². The van der Waals surface area contributed by atoms with Gasteiger partial charge in [-0.05, 0) is 25.5 Å². The Morgan fingerprint density at radius 3 is 2.54 bits per heavy atom. The first kappa shape index (κ1) is 17.9. The minimum Gasteiger partial charge on any atom is -0.325 e. The van der Waals surface area contributed by atoms with E-state index < -0.39 is 5.25 Å². The largest absolute Gasteiger partial charge is 0.325 e. The van der Waals surface area contributed by atoms with E-state index >= 15 is 0 Å². The number of H-pyrrole nitrogens is 1. The minimum absolute atomic E-state index is 0.142. The number of hydrogen-bond acceptors (Lipinski definition) is 4. The topological polar surface area (TPSA) is 74.8 Å². The second-order valence-electron chi connectivity index (χ2n) is 5.87. The van der Waals surface area contributed by atoms with E-state index in [4.69, 9.17) is 0 Å². The molecule has 1 heterocycles. The van der Waals surface area contributed by atoms with Crippen LogP contribution in [0, 0.1) is 6.92 Å². The number of thioether (sulfide) groups is 1. The maximum absolute atomic E-state index is 12.5. The molecular weight excluding hydrogens is 346 g/mol. The fourth-order valence-electron chi connectivity index (χ4n) is 2.42. The van der Waals surface area contributed by atoms with Gasteiger partial charge in [0.15, 0.2) is 5.16 Å². The van der Waals surface area contributed by atoms with Gasteiger partial charge in [-0.25, -0.2) is 4.98 Å². The SMILES string of the molecule is Cc1ccccc1NC(=O)[C@@H](C)Sc1nc(-c2ccccc2)cc(=O)[nH]1. The first-order valence-electron chi connectivity index (χ1n) is 8.23. The average molecular weight is 365 g/mol. The summed E-state index contributed by atoms with van der Waals surface area (Å²) >= 11 is 1.22. The van der Waals surface area contributed by atoms with E-state index in [-0.39, 0.29) is 11.5 Å². The van der Waals surface area contributed by atoms with Crippen LogP contribution in [0.1, 0.15) is 12.5 Å². The van der Waals surface area contributed by atoms with Crippen LogP contribution in [0.2, 0.25) is 0 Å². The number of rotatable bonds is 5. The van der Waals surface area contributed by atoms with E-state index in [0.717, 1.165) is 16.8 Å². The number of aromatic nitrogens is 2. The number of nitrogens with zero attached hydrogens (tertiary/aromatic N) is 1. The predicted molar refractivity (Wildman–Crippen MR) is 105 cm³/mol. The maximum Gasteiger partial charge on any atom is 0.252 e. The van der Waals surface area contributed by atoms with Crippen LogP contribution < -0.4 is 10.9 Å². The van der Waals surface area contributed by atoms with Crippen molar-refractivity contribution in [2.75, 3.05) is 5.32 Å². The van der Waals surface area contributed by atoms with Crippen molar-refractivity contribution in [3.8, 4) is 11.3 Å². The van der Waals surface area contributed by atoms with Crippen LogP contribution in [0.5, 0.6) is 0 Å². The molecule has 0 aliphatic rings. The molecule has 0 saturated heterocycles. The molecule has 0 unspecified atom stereocenters. The van der Waals surface area contributed by atoms with Crippen LogP contribution in [0.3, 0.4) is 0 Å². The van der Waals surface area contributed by atoms with Crippen molar-refractivity contribution in [2.24, 2.45) is 0 Å². The van der Waals surface area contributed by atoms with Crippen molar-refractivity contribution in [1.29, 1.82) is 0 Å². The van der Waals surface area contributed by atoms with Crippen LogP contribution in [0.25, 0.3) is 11.3 Å². The van der Waals surface area contributed by atoms with Crippen molar-refractivity contribution in [2.45, 2.75) is 24.3 Å². The van der Waals surface area contributed by atoms with Gasteiger partial charge >= 0.3 is 0 Å². The summed E-state index contributed by atoms with van der Waals surface area (Å²) in [4.78, 5) is 31.6. The van der Waals surface area contributed by atoms with Gasteiger partial charge in [-0.1, -0.05) is 60.3 Å². The Balaban J connectivity index is 1.76. The number of aromatic amines is 1. The molecule has 0 aliphatic carbocycles. The molecule has 26 heavy (non-hydrogen) atoms. The number of amides is 1. The Morgan fingerprint density at radius 1 is 1.12 bits per heavy atom. The third-order valence-corrected chi connectivity index (χ3v) is 4.83. The van der Waals surface area contributed by atoms with Crippen LogP contribution in [-0.4, -0.2) is 21.1 Å². The molecule has 5 nitrogen and oxygen atoms in total. The first-order valence-corrected chi connectivity index (χ1v) is 9.11. The Morgan fingerprint density at radius 2 is 1.81 bits per heavy atom. The summed E-state index contributed by atoms with van der Waals surface area (Å²) in [7, 11) is 0. The monoisotopic (exact) mass is 365 g/mol. The molecule has 132 valence electrons. The Kier molecular flexibility index (Phi) is 5.53. The third kappa shape index (κ3) is 4.40. The molecule has 3 rings (SSSR count). The molecule has 1 amide bonds. The summed E-state index contributed by atoms with van der Waals surface area (Å²) in [6, 6.07) is 18.5. The van der Waals surface area contributed by atoms with Gasteiger partial charge in [-0.2, -0.15) is 0 Å². The summed E-state index contributed by atoms with van der Waals surface area (Å²) in [5.74, 6) is -0.142. The van der Waals surface area contributed by atoms with E-state index in [1.807, 2.05) is 61.5 Å². The summed E-state index contributed by atoms with van der Waals surface area (Å²) in [5, 5.41) is 2.92. The molecular formula is C20H19N3O2S. The molecule has 0 radical (unpaired) electrons. The molecule has 1 atom stereocenters. The van der Waals surface area contributed by atoms with Gasteiger partial charge in [0, 0.05) is 17.3 Å². The maximum atomic E-state index is 12.5. The highest BCUT2D eigenvalue weighted by Crippen LogP contribution is 2.23. The van der Waals surface area contributed by atoms with Crippen LogP contribution in [0.4, 0.5) is 5.69 Å². The molecule has 2 aromatic carbocycles. The zero-order valence-electron chi connectivity index (χ0n) is 14.5. The smallest absolute Gasteiger partial charge is 0.252 e. The quantitative estimate of drug-likeness (QED) is 0.532. The lowest BCUT2D eigenvalue weighted by Crippen LogP contribution is -2.23. The van der Waals surface area contributed by atoms with Crippen molar-refractivity contribution >= 4 is 23.4 Å².